The molecule has 2 rings (SSSR count). The quantitative estimate of drug-likeness (QED) is 0.667. The number of rotatable bonds is 3. The summed E-state index contributed by atoms with van der Waals surface area (Å²) in [5.74, 6) is 0.626. The fourth-order valence-corrected chi connectivity index (χ4v) is 2.48. The molecular weight excluding hydrogens is 188 g/mol. The number of hydrogen-bond donors (Lipinski definition) is 0. The van der Waals surface area contributed by atoms with Crippen molar-refractivity contribution in [2.24, 2.45) is 5.92 Å². The summed E-state index contributed by atoms with van der Waals surface area (Å²) in [4.78, 5) is 11.8. The maximum Gasteiger partial charge on any atom is 0.158 e. The number of carbonyl (C=O) groups is 1. The van der Waals surface area contributed by atoms with E-state index in [1.807, 2.05) is 6.08 Å². The van der Waals surface area contributed by atoms with Gasteiger partial charge in [0.15, 0.2) is 5.78 Å². The highest BCUT2D eigenvalue weighted by molar-refractivity contribution is 5.91. The van der Waals surface area contributed by atoms with Gasteiger partial charge in [-0.1, -0.05) is 25.3 Å². The molecule has 0 N–H and O–H groups in total. The van der Waals surface area contributed by atoms with Crippen molar-refractivity contribution in [1.82, 2.24) is 0 Å². The Balaban J connectivity index is 1.79. The van der Waals surface area contributed by atoms with Gasteiger partial charge in [0.1, 0.15) is 0 Å². The number of ether oxygens (including phenoxy) is 1. The molecule has 0 aromatic rings. The van der Waals surface area contributed by atoms with Crippen molar-refractivity contribution in [3.63, 3.8) is 0 Å². The summed E-state index contributed by atoms with van der Waals surface area (Å²) in [6.45, 7) is 0.854. The maximum absolute atomic E-state index is 11.8. The van der Waals surface area contributed by atoms with Gasteiger partial charge in [-0.05, 0) is 31.8 Å². The minimum absolute atomic E-state index is 0.206. The molecule has 84 valence electrons. The summed E-state index contributed by atoms with van der Waals surface area (Å²) >= 11 is 0. The van der Waals surface area contributed by atoms with Gasteiger partial charge in [0.2, 0.25) is 0 Å². The van der Waals surface area contributed by atoms with E-state index in [0.29, 0.717) is 11.7 Å². The lowest BCUT2D eigenvalue weighted by atomic mass is 9.86. The Morgan fingerprint density at radius 2 is 1.87 bits per heavy atom. The maximum atomic E-state index is 11.8. The summed E-state index contributed by atoms with van der Waals surface area (Å²) in [6.07, 6.45) is 12.1. The Labute approximate surface area is 91.7 Å². The molecule has 0 bridgehead atoms. The van der Waals surface area contributed by atoms with Gasteiger partial charge < -0.3 is 4.74 Å². The molecule has 0 radical (unpaired) electrons. The van der Waals surface area contributed by atoms with Crippen LogP contribution in [0.3, 0.4) is 0 Å². The molecule has 0 aromatic carbocycles. The average Bonchev–Trinajstić information content (AvgIpc) is 2.80. The fraction of sp³-hybridized carbons (Fsp3) is 0.769. The highest BCUT2D eigenvalue weighted by Crippen LogP contribution is 2.25. The Bertz CT molecular complexity index is 233. The van der Waals surface area contributed by atoms with E-state index in [9.17, 15) is 4.79 Å². The van der Waals surface area contributed by atoms with Gasteiger partial charge in [-0.2, -0.15) is 0 Å². The van der Waals surface area contributed by atoms with Crippen LogP contribution in [-0.4, -0.2) is 18.5 Å². The number of carbonyl (C=O) groups excluding carboxylic acids is 1. The average molecular weight is 208 g/mol. The van der Waals surface area contributed by atoms with E-state index in [0.717, 1.165) is 32.3 Å². The molecule has 1 saturated carbocycles. The molecule has 1 heterocycles. The van der Waals surface area contributed by atoms with Crippen LogP contribution in [0.15, 0.2) is 12.2 Å². The third-order valence-electron chi connectivity index (χ3n) is 3.45. The zero-order valence-electron chi connectivity index (χ0n) is 9.28. The molecule has 1 saturated heterocycles. The molecule has 0 amide bonds. The Hall–Kier alpha value is -0.630. The lowest BCUT2D eigenvalue weighted by Crippen LogP contribution is -2.16. The summed E-state index contributed by atoms with van der Waals surface area (Å²) in [7, 11) is 0. The first kappa shape index (κ1) is 10.9. The number of allylic oxidation sites excluding steroid dienone is 1. The van der Waals surface area contributed by atoms with E-state index < -0.39 is 0 Å². The molecule has 0 aromatic heterocycles. The van der Waals surface area contributed by atoms with E-state index in [2.05, 4.69) is 0 Å². The van der Waals surface area contributed by atoms with E-state index in [1.165, 1.54) is 19.3 Å². The summed E-state index contributed by atoms with van der Waals surface area (Å²) in [5.41, 5.74) is 0. The first-order chi connectivity index (χ1) is 7.36. The van der Waals surface area contributed by atoms with Crippen molar-refractivity contribution in [3.8, 4) is 0 Å². The Morgan fingerprint density at radius 1 is 1.07 bits per heavy atom. The van der Waals surface area contributed by atoms with E-state index in [1.54, 1.807) is 6.08 Å². The number of hydrogen-bond acceptors (Lipinski definition) is 2. The van der Waals surface area contributed by atoms with Crippen LogP contribution in [0.1, 0.15) is 44.9 Å². The van der Waals surface area contributed by atoms with Gasteiger partial charge in [0.25, 0.3) is 0 Å². The largest absolute Gasteiger partial charge is 0.374 e. The molecule has 15 heavy (non-hydrogen) atoms. The van der Waals surface area contributed by atoms with Gasteiger partial charge in [0, 0.05) is 12.5 Å². The molecular formula is C13H20O2. The molecule has 1 aliphatic heterocycles. The SMILES string of the molecule is O=C(/C=C/C1CCCO1)C1CCCCC1. The second-order valence-corrected chi connectivity index (χ2v) is 4.65. The van der Waals surface area contributed by atoms with Crippen molar-refractivity contribution < 1.29 is 9.53 Å². The predicted molar refractivity (Wildman–Crippen MR) is 59.7 cm³/mol. The highest BCUT2D eigenvalue weighted by Gasteiger charge is 2.19. The fourth-order valence-electron chi connectivity index (χ4n) is 2.48. The first-order valence-corrected chi connectivity index (χ1v) is 6.20. The first-order valence-electron chi connectivity index (χ1n) is 6.20. The Morgan fingerprint density at radius 3 is 2.53 bits per heavy atom. The molecule has 1 aliphatic carbocycles. The second kappa shape index (κ2) is 5.45. The lowest BCUT2D eigenvalue weighted by molar-refractivity contribution is -0.119. The van der Waals surface area contributed by atoms with Crippen LogP contribution in [0, 0.1) is 5.92 Å². The lowest BCUT2D eigenvalue weighted by Gasteiger charge is -2.18. The van der Waals surface area contributed by atoms with Crippen molar-refractivity contribution in [1.29, 1.82) is 0 Å². The molecule has 2 fully saturated rings. The van der Waals surface area contributed by atoms with Crippen molar-refractivity contribution in [2.45, 2.75) is 51.0 Å². The summed E-state index contributed by atoms with van der Waals surface area (Å²) in [5, 5.41) is 0. The van der Waals surface area contributed by atoms with Crippen LogP contribution in [-0.2, 0) is 9.53 Å². The monoisotopic (exact) mass is 208 g/mol. The smallest absolute Gasteiger partial charge is 0.158 e. The molecule has 1 atom stereocenters. The third-order valence-corrected chi connectivity index (χ3v) is 3.45. The molecule has 2 heteroatoms. The van der Waals surface area contributed by atoms with Gasteiger partial charge in [-0.15, -0.1) is 0 Å². The minimum Gasteiger partial charge on any atom is -0.374 e. The highest BCUT2D eigenvalue weighted by atomic mass is 16.5. The number of ketones is 1. The van der Waals surface area contributed by atoms with Crippen LogP contribution in [0.25, 0.3) is 0 Å². The summed E-state index contributed by atoms with van der Waals surface area (Å²) < 4.78 is 5.45. The van der Waals surface area contributed by atoms with Crippen LogP contribution < -0.4 is 0 Å². The summed E-state index contributed by atoms with van der Waals surface area (Å²) in [6, 6.07) is 0. The van der Waals surface area contributed by atoms with Crippen molar-refractivity contribution in [3.05, 3.63) is 12.2 Å². The van der Waals surface area contributed by atoms with E-state index >= 15 is 0 Å². The van der Waals surface area contributed by atoms with Crippen LogP contribution in [0.2, 0.25) is 0 Å². The van der Waals surface area contributed by atoms with Crippen LogP contribution in [0.4, 0.5) is 0 Å². The van der Waals surface area contributed by atoms with E-state index in [-0.39, 0.29) is 6.10 Å². The van der Waals surface area contributed by atoms with Crippen LogP contribution >= 0.6 is 0 Å². The molecule has 2 aliphatic rings. The topological polar surface area (TPSA) is 26.3 Å². The minimum atomic E-state index is 0.206. The third kappa shape index (κ3) is 3.16. The van der Waals surface area contributed by atoms with Gasteiger partial charge in [0.05, 0.1) is 6.10 Å². The Kier molecular flexibility index (Phi) is 3.95. The second-order valence-electron chi connectivity index (χ2n) is 4.65. The zero-order chi connectivity index (χ0) is 10.5. The molecule has 2 nitrogen and oxygen atoms in total. The normalized spacial score (nSPS) is 28.7. The van der Waals surface area contributed by atoms with Gasteiger partial charge in [-0.3, -0.25) is 4.79 Å². The zero-order valence-corrected chi connectivity index (χ0v) is 9.28. The molecule has 1 unspecified atom stereocenters. The standard InChI is InChI=1S/C13H20O2/c14-13(11-5-2-1-3-6-11)9-8-12-7-4-10-15-12/h8-9,11-12H,1-7,10H2/b9-8+. The van der Waals surface area contributed by atoms with Crippen molar-refractivity contribution >= 4 is 5.78 Å². The molecule has 0 spiro atoms. The van der Waals surface area contributed by atoms with Gasteiger partial charge >= 0.3 is 0 Å². The van der Waals surface area contributed by atoms with Crippen LogP contribution in [0.5, 0.6) is 0 Å². The van der Waals surface area contributed by atoms with Gasteiger partial charge in [-0.25, -0.2) is 0 Å². The van der Waals surface area contributed by atoms with Crippen molar-refractivity contribution in [2.75, 3.05) is 6.61 Å². The predicted octanol–water partition coefficient (Wildman–Crippen LogP) is 2.87. The van der Waals surface area contributed by atoms with E-state index in [4.69, 9.17) is 4.74 Å².